The van der Waals surface area contributed by atoms with Crippen molar-refractivity contribution in [3.8, 4) is 5.95 Å². The van der Waals surface area contributed by atoms with E-state index in [0.29, 0.717) is 25.0 Å². The zero-order chi connectivity index (χ0) is 15.0. The minimum Gasteiger partial charge on any atom is -0.369 e. The van der Waals surface area contributed by atoms with Crippen LogP contribution in [-0.4, -0.2) is 49.5 Å². The summed E-state index contributed by atoms with van der Waals surface area (Å²) in [7, 11) is 0. The first-order valence-corrected chi connectivity index (χ1v) is 7.15. The Morgan fingerprint density at radius 2 is 2.05 bits per heavy atom. The molecule has 0 bridgehead atoms. The zero-order valence-electron chi connectivity index (χ0n) is 12.2. The molecule has 0 saturated carbocycles. The molecule has 1 aliphatic heterocycles. The number of anilines is 1. The molecule has 1 unspecified atom stereocenters. The Morgan fingerprint density at radius 1 is 1.29 bits per heavy atom. The smallest absolute Gasteiger partial charge is 0.256 e. The molecule has 0 N–H and O–H groups in total. The van der Waals surface area contributed by atoms with Crippen molar-refractivity contribution in [1.29, 1.82) is 0 Å². The van der Waals surface area contributed by atoms with E-state index in [1.165, 1.54) is 0 Å². The summed E-state index contributed by atoms with van der Waals surface area (Å²) >= 11 is 6.03. The maximum atomic E-state index is 6.03. The number of ether oxygens (including phenoxy) is 1. The molecule has 1 saturated heterocycles. The Kier molecular flexibility index (Phi) is 3.54. The van der Waals surface area contributed by atoms with Crippen molar-refractivity contribution in [3.63, 3.8) is 0 Å². The monoisotopic (exact) mass is 308 g/mol. The van der Waals surface area contributed by atoms with Gasteiger partial charge in [0.2, 0.25) is 11.2 Å². The molecule has 21 heavy (non-hydrogen) atoms. The Hall–Kier alpha value is -1.73. The van der Waals surface area contributed by atoms with Crippen LogP contribution < -0.4 is 4.90 Å². The van der Waals surface area contributed by atoms with Crippen LogP contribution in [0.15, 0.2) is 18.5 Å². The number of hydrogen-bond donors (Lipinski definition) is 0. The van der Waals surface area contributed by atoms with E-state index in [-0.39, 0.29) is 17.0 Å². The maximum absolute atomic E-state index is 6.03. The van der Waals surface area contributed by atoms with Gasteiger partial charge in [-0.1, -0.05) is 0 Å². The van der Waals surface area contributed by atoms with Crippen LogP contribution in [-0.2, 0) is 4.74 Å². The normalized spacial score (nSPS) is 21.5. The summed E-state index contributed by atoms with van der Waals surface area (Å²) in [5.74, 6) is 0.954. The minimum atomic E-state index is -0.261. The third-order valence-electron chi connectivity index (χ3n) is 3.15. The number of hydrogen-bond acceptors (Lipinski definition) is 6. The van der Waals surface area contributed by atoms with Crippen molar-refractivity contribution in [1.82, 2.24) is 24.7 Å². The van der Waals surface area contributed by atoms with Crippen LogP contribution in [0.5, 0.6) is 0 Å². The second-order valence-corrected chi connectivity index (χ2v) is 6.06. The van der Waals surface area contributed by atoms with E-state index in [1.807, 2.05) is 20.8 Å². The quantitative estimate of drug-likeness (QED) is 0.841. The molecule has 0 aromatic carbocycles. The van der Waals surface area contributed by atoms with Crippen molar-refractivity contribution in [3.05, 3.63) is 23.7 Å². The van der Waals surface area contributed by atoms with E-state index in [0.717, 1.165) is 0 Å². The lowest BCUT2D eigenvalue weighted by molar-refractivity contribution is -0.0753. The van der Waals surface area contributed by atoms with Crippen molar-refractivity contribution in [2.24, 2.45) is 0 Å². The van der Waals surface area contributed by atoms with Crippen molar-refractivity contribution >= 4 is 17.5 Å². The number of halogens is 1. The molecular weight excluding hydrogens is 292 g/mol. The van der Waals surface area contributed by atoms with Crippen LogP contribution in [0.4, 0.5) is 5.95 Å². The van der Waals surface area contributed by atoms with Gasteiger partial charge in [-0.3, -0.25) is 0 Å². The molecule has 8 heteroatoms. The van der Waals surface area contributed by atoms with Gasteiger partial charge in [-0.2, -0.15) is 20.1 Å². The highest BCUT2D eigenvalue weighted by atomic mass is 35.5. The van der Waals surface area contributed by atoms with Crippen molar-refractivity contribution in [2.45, 2.75) is 32.5 Å². The molecule has 1 atom stereocenters. The number of rotatable bonds is 2. The first-order chi connectivity index (χ1) is 9.93. The summed E-state index contributed by atoms with van der Waals surface area (Å²) in [6.45, 7) is 7.53. The highest BCUT2D eigenvalue weighted by molar-refractivity contribution is 6.28. The predicted molar refractivity (Wildman–Crippen MR) is 78.8 cm³/mol. The second-order valence-electron chi connectivity index (χ2n) is 5.72. The fraction of sp³-hybridized carbons (Fsp3) is 0.538. The van der Waals surface area contributed by atoms with Crippen LogP contribution >= 0.6 is 11.6 Å². The topological polar surface area (TPSA) is 69.0 Å². The Bertz CT molecular complexity index is 630. The minimum absolute atomic E-state index is 0.0949. The lowest BCUT2D eigenvalue weighted by Crippen LogP contribution is -2.52. The molecule has 0 radical (unpaired) electrons. The van der Waals surface area contributed by atoms with Crippen molar-refractivity contribution in [2.75, 3.05) is 18.0 Å². The number of nitrogens with zero attached hydrogens (tertiary/aromatic N) is 6. The fourth-order valence-corrected chi connectivity index (χ4v) is 2.72. The third-order valence-corrected chi connectivity index (χ3v) is 3.32. The van der Waals surface area contributed by atoms with Gasteiger partial charge in [0.15, 0.2) is 0 Å². The summed E-state index contributed by atoms with van der Waals surface area (Å²) in [4.78, 5) is 14.9. The van der Waals surface area contributed by atoms with Gasteiger partial charge in [-0.25, -0.2) is 4.68 Å². The Balaban J connectivity index is 1.95. The average Bonchev–Trinajstić information content (AvgIpc) is 2.89. The molecule has 112 valence electrons. The summed E-state index contributed by atoms with van der Waals surface area (Å²) < 4.78 is 7.46. The Labute approximate surface area is 127 Å². The summed E-state index contributed by atoms with van der Waals surface area (Å²) in [5, 5.41) is 4.27. The van der Waals surface area contributed by atoms with Gasteiger partial charge in [-0.05, 0) is 38.4 Å². The summed E-state index contributed by atoms with van der Waals surface area (Å²) in [5.41, 5.74) is -0.261. The average molecular weight is 309 g/mol. The largest absolute Gasteiger partial charge is 0.369 e. The Morgan fingerprint density at radius 3 is 2.71 bits per heavy atom. The number of morpholine rings is 1. The van der Waals surface area contributed by atoms with Gasteiger partial charge in [0.1, 0.15) is 0 Å². The molecule has 2 aromatic heterocycles. The van der Waals surface area contributed by atoms with E-state index in [2.05, 4.69) is 25.0 Å². The molecule has 3 heterocycles. The number of aromatic nitrogens is 5. The maximum Gasteiger partial charge on any atom is 0.256 e. The standard InChI is InChI=1S/C13H17ClN6O/c1-9-7-19(8-13(2,3)21-9)11-16-10(14)17-12(18-11)20-6-4-5-15-20/h4-6,9H,7-8H2,1-3H3. The molecule has 1 fully saturated rings. The van der Waals surface area contributed by atoms with E-state index in [9.17, 15) is 0 Å². The van der Waals surface area contributed by atoms with Crippen LogP contribution in [0.1, 0.15) is 20.8 Å². The lowest BCUT2D eigenvalue weighted by atomic mass is 10.1. The van der Waals surface area contributed by atoms with E-state index >= 15 is 0 Å². The first kappa shape index (κ1) is 14.2. The molecule has 1 aliphatic rings. The van der Waals surface area contributed by atoms with Crippen molar-refractivity contribution < 1.29 is 4.74 Å². The van der Waals surface area contributed by atoms with Crippen LogP contribution in [0.25, 0.3) is 5.95 Å². The molecule has 0 aliphatic carbocycles. The van der Waals surface area contributed by atoms with Gasteiger partial charge < -0.3 is 9.64 Å². The third kappa shape index (κ3) is 3.14. The highest BCUT2D eigenvalue weighted by Crippen LogP contribution is 2.24. The van der Waals surface area contributed by atoms with E-state index < -0.39 is 0 Å². The van der Waals surface area contributed by atoms with Crippen LogP contribution in [0.2, 0.25) is 5.28 Å². The summed E-state index contributed by atoms with van der Waals surface area (Å²) in [6.07, 6.45) is 3.52. The molecule has 3 rings (SSSR count). The lowest BCUT2D eigenvalue weighted by Gasteiger charge is -2.41. The molecule has 7 nitrogen and oxygen atoms in total. The SMILES string of the molecule is CC1CN(c2nc(Cl)nc(-n3cccn3)n2)CC(C)(C)O1. The van der Waals surface area contributed by atoms with Gasteiger partial charge in [0.25, 0.3) is 5.95 Å². The summed E-state index contributed by atoms with van der Waals surface area (Å²) in [6, 6.07) is 1.80. The van der Waals surface area contributed by atoms with E-state index in [4.69, 9.17) is 16.3 Å². The zero-order valence-corrected chi connectivity index (χ0v) is 12.9. The predicted octanol–water partition coefficient (Wildman–Crippen LogP) is 1.71. The van der Waals surface area contributed by atoms with Gasteiger partial charge in [0, 0.05) is 25.5 Å². The molecule has 0 spiro atoms. The fourth-order valence-electron chi connectivity index (χ4n) is 2.57. The van der Waals surface area contributed by atoms with Gasteiger partial charge >= 0.3 is 0 Å². The highest BCUT2D eigenvalue weighted by Gasteiger charge is 2.33. The van der Waals surface area contributed by atoms with Gasteiger partial charge in [-0.15, -0.1) is 0 Å². The second kappa shape index (κ2) is 5.23. The van der Waals surface area contributed by atoms with Crippen LogP contribution in [0, 0.1) is 0 Å². The van der Waals surface area contributed by atoms with Crippen LogP contribution in [0.3, 0.4) is 0 Å². The molecule has 2 aromatic rings. The molecule has 0 amide bonds. The molecular formula is C13H17ClN6O. The first-order valence-electron chi connectivity index (χ1n) is 6.77. The van der Waals surface area contributed by atoms with E-state index in [1.54, 1.807) is 23.1 Å². The van der Waals surface area contributed by atoms with Gasteiger partial charge in [0.05, 0.1) is 11.7 Å².